The van der Waals surface area contributed by atoms with Crippen LogP contribution >= 0.6 is 11.6 Å². The molecule has 3 heterocycles. The fraction of sp³-hybridized carbons (Fsp3) is 0.409. The van der Waals surface area contributed by atoms with Crippen molar-refractivity contribution in [1.82, 2.24) is 29.9 Å². The van der Waals surface area contributed by atoms with Crippen molar-refractivity contribution in [2.45, 2.75) is 39.7 Å². The Balaban J connectivity index is 1.63. The van der Waals surface area contributed by atoms with Gasteiger partial charge >= 0.3 is 0 Å². The molecule has 9 heteroatoms. The van der Waals surface area contributed by atoms with Crippen LogP contribution in [0.2, 0.25) is 5.02 Å². The zero-order valence-corrected chi connectivity index (χ0v) is 18.7. The van der Waals surface area contributed by atoms with E-state index in [-0.39, 0.29) is 11.9 Å². The molecule has 162 valence electrons. The molecule has 0 unspecified atom stereocenters. The maximum atomic E-state index is 13.8. The van der Waals surface area contributed by atoms with E-state index >= 15 is 0 Å². The summed E-state index contributed by atoms with van der Waals surface area (Å²) in [5.41, 5.74) is 3.44. The van der Waals surface area contributed by atoms with Crippen molar-refractivity contribution < 1.29 is 4.79 Å². The van der Waals surface area contributed by atoms with Gasteiger partial charge in [-0.05, 0) is 49.8 Å². The highest BCUT2D eigenvalue weighted by Crippen LogP contribution is 2.28. The van der Waals surface area contributed by atoms with E-state index in [1.165, 1.54) is 4.80 Å². The van der Waals surface area contributed by atoms with Gasteiger partial charge in [-0.15, -0.1) is 0 Å². The Kier molecular flexibility index (Phi) is 6.18. The average Bonchev–Trinajstić information content (AvgIpc) is 3.29. The van der Waals surface area contributed by atoms with Crippen LogP contribution in [0.3, 0.4) is 0 Å². The number of nitrogens with one attached hydrogen (secondary N) is 1. The second-order valence-corrected chi connectivity index (χ2v) is 8.45. The van der Waals surface area contributed by atoms with E-state index in [0.717, 1.165) is 29.7 Å². The molecule has 0 aliphatic carbocycles. The number of likely N-dealkylation sites (tertiary alicyclic amines) is 1. The molecule has 1 amide bonds. The van der Waals surface area contributed by atoms with Crippen LogP contribution in [0.15, 0.2) is 36.9 Å². The normalized spacial score (nSPS) is 18.8. The highest BCUT2D eigenvalue weighted by molar-refractivity contribution is 6.30. The van der Waals surface area contributed by atoms with Gasteiger partial charge in [0.05, 0.1) is 41.4 Å². The molecular formula is C22H26ClN7O. The van der Waals surface area contributed by atoms with Crippen LogP contribution in [0.1, 0.15) is 41.3 Å². The van der Waals surface area contributed by atoms with Gasteiger partial charge in [-0.25, -0.2) is 9.97 Å². The van der Waals surface area contributed by atoms with Crippen molar-refractivity contribution in [3.8, 4) is 5.69 Å². The number of piperidine rings is 1. The molecule has 1 aromatic carbocycles. The number of aromatic nitrogens is 5. The molecule has 2 aromatic heterocycles. The second-order valence-electron chi connectivity index (χ2n) is 8.01. The van der Waals surface area contributed by atoms with Crippen LogP contribution in [-0.4, -0.2) is 54.9 Å². The number of carbonyl (C=O) groups excluding carboxylic acids is 1. The van der Waals surface area contributed by atoms with Gasteiger partial charge in [-0.3, -0.25) is 4.79 Å². The summed E-state index contributed by atoms with van der Waals surface area (Å²) in [4.78, 5) is 25.7. The van der Waals surface area contributed by atoms with Crippen molar-refractivity contribution >= 4 is 23.5 Å². The first-order valence-electron chi connectivity index (χ1n) is 10.4. The lowest BCUT2D eigenvalue weighted by molar-refractivity contribution is 0.0539. The van der Waals surface area contributed by atoms with E-state index in [4.69, 9.17) is 11.6 Å². The molecule has 1 N–H and O–H groups in total. The number of carbonyl (C=O) groups is 1. The Morgan fingerprint density at radius 1 is 1.19 bits per heavy atom. The lowest BCUT2D eigenvalue weighted by Crippen LogP contribution is -2.51. The number of rotatable bonds is 5. The Morgan fingerprint density at radius 2 is 1.90 bits per heavy atom. The van der Waals surface area contributed by atoms with Crippen LogP contribution in [-0.2, 0) is 0 Å². The fourth-order valence-electron chi connectivity index (χ4n) is 4.13. The van der Waals surface area contributed by atoms with Crippen molar-refractivity contribution in [1.29, 1.82) is 0 Å². The summed E-state index contributed by atoms with van der Waals surface area (Å²) in [5.74, 6) is 0.836. The first kappa shape index (κ1) is 21.2. The SMILES string of the molecule is Cc1ccc(C(=O)N2CCC[C@@H](C)[C@H]2CNc2ncc(Cl)cn2)c(-n2nccn2)c1C. The molecule has 1 saturated heterocycles. The Labute approximate surface area is 186 Å². The smallest absolute Gasteiger partial charge is 0.256 e. The fourth-order valence-corrected chi connectivity index (χ4v) is 4.23. The number of hydrogen-bond acceptors (Lipinski definition) is 6. The zero-order valence-electron chi connectivity index (χ0n) is 17.9. The molecule has 4 rings (SSSR count). The molecule has 31 heavy (non-hydrogen) atoms. The molecule has 3 aromatic rings. The number of amides is 1. The minimum atomic E-state index is -0.00854. The molecule has 1 aliphatic heterocycles. The molecular weight excluding hydrogens is 414 g/mol. The number of nitrogens with zero attached hydrogens (tertiary/aromatic N) is 6. The lowest BCUT2D eigenvalue weighted by Gasteiger charge is -2.40. The van der Waals surface area contributed by atoms with Crippen LogP contribution in [0.4, 0.5) is 5.95 Å². The van der Waals surface area contributed by atoms with Crippen LogP contribution < -0.4 is 5.32 Å². The molecule has 0 spiro atoms. The first-order chi connectivity index (χ1) is 15.0. The molecule has 2 atom stereocenters. The summed E-state index contributed by atoms with van der Waals surface area (Å²) >= 11 is 5.88. The van der Waals surface area contributed by atoms with Gasteiger partial charge in [-0.2, -0.15) is 15.0 Å². The van der Waals surface area contributed by atoms with Crippen molar-refractivity contribution in [3.63, 3.8) is 0 Å². The summed E-state index contributed by atoms with van der Waals surface area (Å²) in [5, 5.41) is 12.3. The summed E-state index contributed by atoms with van der Waals surface area (Å²) in [7, 11) is 0. The van der Waals surface area contributed by atoms with E-state index in [9.17, 15) is 4.79 Å². The van der Waals surface area contributed by atoms with Crippen LogP contribution in [0.25, 0.3) is 5.69 Å². The highest BCUT2D eigenvalue weighted by Gasteiger charge is 2.34. The average molecular weight is 440 g/mol. The number of benzene rings is 1. The van der Waals surface area contributed by atoms with Crippen molar-refractivity contribution in [2.75, 3.05) is 18.4 Å². The number of anilines is 1. The number of halogens is 1. The molecule has 0 radical (unpaired) electrons. The quantitative estimate of drug-likeness (QED) is 0.652. The third-order valence-electron chi connectivity index (χ3n) is 6.02. The third-order valence-corrected chi connectivity index (χ3v) is 6.21. The van der Waals surface area contributed by atoms with E-state index in [0.29, 0.717) is 35.5 Å². The van der Waals surface area contributed by atoms with Gasteiger partial charge in [0.15, 0.2) is 0 Å². The Bertz CT molecular complexity index is 1050. The molecule has 1 fully saturated rings. The summed E-state index contributed by atoms with van der Waals surface area (Å²) < 4.78 is 0. The van der Waals surface area contributed by atoms with Gasteiger partial charge in [0.25, 0.3) is 5.91 Å². The van der Waals surface area contributed by atoms with E-state index in [1.54, 1.807) is 24.8 Å². The van der Waals surface area contributed by atoms with E-state index in [1.807, 2.05) is 30.9 Å². The standard InChI is InChI=1S/C22H26ClN7O/c1-14-6-7-18(20(16(14)3)30-27-8-9-28-30)21(31)29-10-4-5-15(2)19(29)13-26-22-24-11-17(23)12-25-22/h6-9,11-12,15,19H,4-5,10,13H2,1-3H3,(H,24,25,26)/t15-,19-/m1/s1. The summed E-state index contributed by atoms with van der Waals surface area (Å²) in [6.45, 7) is 7.48. The third kappa shape index (κ3) is 4.39. The Morgan fingerprint density at radius 3 is 2.61 bits per heavy atom. The molecule has 1 aliphatic rings. The lowest BCUT2D eigenvalue weighted by atomic mass is 9.89. The Hall–Kier alpha value is -3.00. The largest absolute Gasteiger partial charge is 0.352 e. The zero-order chi connectivity index (χ0) is 22.0. The summed E-state index contributed by atoms with van der Waals surface area (Å²) in [6.07, 6.45) is 8.40. The van der Waals surface area contributed by atoms with Gasteiger partial charge in [0, 0.05) is 13.1 Å². The predicted molar refractivity (Wildman–Crippen MR) is 120 cm³/mol. The maximum Gasteiger partial charge on any atom is 0.256 e. The van der Waals surface area contributed by atoms with Crippen LogP contribution in [0, 0.1) is 19.8 Å². The topological polar surface area (TPSA) is 88.8 Å². The highest BCUT2D eigenvalue weighted by atomic mass is 35.5. The first-order valence-corrected chi connectivity index (χ1v) is 10.8. The monoisotopic (exact) mass is 439 g/mol. The predicted octanol–water partition coefficient (Wildman–Crippen LogP) is 3.68. The van der Waals surface area contributed by atoms with Crippen molar-refractivity contribution in [2.24, 2.45) is 5.92 Å². The molecule has 8 nitrogen and oxygen atoms in total. The number of aryl methyl sites for hydroxylation is 1. The van der Waals surface area contributed by atoms with Gasteiger partial charge in [0.2, 0.25) is 5.95 Å². The number of hydrogen-bond donors (Lipinski definition) is 1. The van der Waals surface area contributed by atoms with Gasteiger partial charge in [-0.1, -0.05) is 24.6 Å². The minimum Gasteiger partial charge on any atom is -0.352 e. The van der Waals surface area contributed by atoms with E-state index in [2.05, 4.69) is 32.4 Å². The van der Waals surface area contributed by atoms with E-state index < -0.39 is 0 Å². The maximum absolute atomic E-state index is 13.8. The molecule has 0 saturated carbocycles. The molecule has 0 bridgehead atoms. The van der Waals surface area contributed by atoms with Gasteiger partial charge in [0.1, 0.15) is 5.69 Å². The second kappa shape index (κ2) is 9.01. The van der Waals surface area contributed by atoms with Crippen LogP contribution in [0.5, 0.6) is 0 Å². The van der Waals surface area contributed by atoms with Gasteiger partial charge < -0.3 is 10.2 Å². The minimum absolute atomic E-state index is 0.00854. The van der Waals surface area contributed by atoms with Crippen molar-refractivity contribution in [3.05, 3.63) is 58.6 Å². The summed E-state index contributed by atoms with van der Waals surface area (Å²) in [6, 6.07) is 3.88.